The molecule has 0 bridgehead atoms. The predicted octanol–water partition coefficient (Wildman–Crippen LogP) is 2.22. The SMILES string of the molecule is CCOc1ccccc1C(Cl)C(=O)N1CCOCC1. The zero-order chi connectivity index (χ0) is 13.7. The third-order valence-electron chi connectivity index (χ3n) is 3.03. The lowest BCUT2D eigenvalue weighted by Gasteiger charge is -2.29. The molecule has 1 amide bonds. The van der Waals surface area contributed by atoms with Crippen molar-refractivity contribution < 1.29 is 14.3 Å². The van der Waals surface area contributed by atoms with E-state index in [-0.39, 0.29) is 5.91 Å². The van der Waals surface area contributed by atoms with Gasteiger partial charge in [-0.2, -0.15) is 0 Å². The van der Waals surface area contributed by atoms with Crippen molar-refractivity contribution in [3.05, 3.63) is 29.8 Å². The highest BCUT2D eigenvalue weighted by Crippen LogP contribution is 2.31. The molecule has 104 valence electrons. The van der Waals surface area contributed by atoms with Crippen molar-refractivity contribution >= 4 is 17.5 Å². The number of nitrogens with zero attached hydrogens (tertiary/aromatic N) is 1. The van der Waals surface area contributed by atoms with Gasteiger partial charge in [-0.15, -0.1) is 11.6 Å². The summed E-state index contributed by atoms with van der Waals surface area (Å²) in [6.45, 7) is 4.79. The molecule has 1 aliphatic rings. The minimum atomic E-state index is -0.708. The van der Waals surface area contributed by atoms with E-state index in [1.807, 2.05) is 31.2 Å². The van der Waals surface area contributed by atoms with Gasteiger partial charge in [0.1, 0.15) is 11.1 Å². The summed E-state index contributed by atoms with van der Waals surface area (Å²) < 4.78 is 10.8. The maximum atomic E-state index is 12.3. The molecule has 0 spiro atoms. The largest absolute Gasteiger partial charge is 0.494 e. The second-order valence-corrected chi connectivity index (χ2v) is 4.71. The lowest BCUT2D eigenvalue weighted by molar-refractivity contribution is -0.135. The standard InChI is InChI=1S/C14H18ClNO3/c1-2-19-12-6-4-3-5-11(12)13(15)14(17)16-7-9-18-10-8-16/h3-6,13H,2,7-10H2,1H3. The van der Waals surface area contributed by atoms with Crippen LogP contribution in [0.15, 0.2) is 24.3 Å². The van der Waals surface area contributed by atoms with E-state index in [9.17, 15) is 4.79 Å². The van der Waals surface area contributed by atoms with Crippen LogP contribution in [0.1, 0.15) is 17.9 Å². The first-order valence-corrected chi connectivity index (χ1v) is 6.90. The third-order valence-corrected chi connectivity index (χ3v) is 3.45. The van der Waals surface area contributed by atoms with Crippen LogP contribution in [0.2, 0.25) is 0 Å². The Hall–Kier alpha value is -1.26. The van der Waals surface area contributed by atoms with Gasteiger partial charge in [-0.25, -0.2) is 0 Å². The molecule has 0 N–H and O–H groups in total. The first kappa shape index (κ1) is 14.2. The minimum Gasteiger partial charge on any atom is -0.494 e. The van der Waals surface area contributed by atoms with Crippen LogP contribution in [-0.4, -0.2) is 43.7 Å². The number of carbonyl (C=O) groups is 1. The molecule has 1 unspecified atom stereocenters. The van der Waals surface area contributed by atoms with Gasteiger partial charge in [-0.05, 0) is 13.0 Å². The number of amides is 1. The molecule has 1 aliphatic heterocycles. The third kappa shape index (κ3) is 3.39. The van der Waals surface area contributed by atoms with Crippen LogP contribution in [0.3, 0.4) is 0 Å². The fourth-order valence-corrected chi connectivity index (χ4v) is 2.37. The monoisotopic (exact) mass is 283 g/mol. The highest BCUT2D eigenvalue weighted by Gasteiger charge is 2.27. The normalized spacial score (nSPS) is 17.1. The smallest absolute Gasteiger partial charge is 0.245 e. The molecule has 1 atom stereocenters. The fourth-order valence-electron chi connectivity index (χ4n) is 2.05. The summed E-state index contributed by atoms with van der Waals surface area (Å²) in [6, 6.07) is 7.40. The second kappa shape index (κ2) is 6.78. The van der Waals surface area contributed by atoms with Gasteiger partial charge in [0.15, 0.2) is 0 Å². The zero-order valence-corrected chi connectivity index (χ0v) is 11.7. The maximum Gasteiger partial charge on any atom is 0.245 e. The Morgan fingerprint density at radius 1 is 1.42 bits per heavy atom. The quantitative estimate of drug-likeness (QED) is 0.796. The van der Waals surface area contributed by atoms with Crippen LogP contribution in [-0.2, 0) is 9.53 Å². The van der Waals surface area contributed by atoms with Crippen LogP contribution < -0.4 is 4.74 Å². The van der Waals surface area contributed by atoms with E-state index >= 15 is 0 Å². The molecule has 1 aromatic rings. The number of benzene rings is 1. The summed E-state index contributed by atoms with van der Waals surface area (Å²) in [5, 5.41) is -0.708. The summed E-state index contributed by atoms with van der Waals surface area (Å²) in [5.41, 5.74) is 0.725. The highest BCUT2D eigenvalue weighted by atomic mass is 35.5. The molecule has 5 heteroatoms. The Bertz CT molecular complexity index is 432. The van der Waals surface area contributed by atoms with E-state index in [4.69, 9.17) is 21.1 Å². The van der Waals surface area contributed by atoms with Crippen LogP contribution in [0.25, 0.3) is 0 Å². The molecule has 1 fully saturated rings. The van der Waals surface area contributed by atoms with Gasteiger partial charge < -0.3 is 14.4 Å². The first-order valence-electron chi connectivity index (χ1n) is 6.46. The van der Waals surface area contributed by atoms with E-state index in [1.54, 1.807) is 4.90 Å². The average Bonchev–Trinajstić information content (AvgIpc) is 2.47. The Kier molecular flexibility index (Phi) is 5.05. The van der Waals surface area contributed by atoms with Crippen LogP contribution in [0.5, 0.6) is 5.75 Å². The number of hydrogen-bond acceptors (Lipinski definition) is 3. The molecule has 19 heavy (non-hydrogen) atoms. The average molecular weight is 284 g/mol. The van der Waals surface area contributed by atoms with E-state index in [1.165, 1.54) is 0 Å². The van der Waals surface area contributed by atoms with Gasteiger partial charge in [0.25, 0.3) is 0 Å². The van der Waals surface area contributed by atoms with Crippen molar-refractivity contribution in [1.82, 2.24) is 4.90 Å². The lowest BCUT2D eigenvalue weighted by atomic mass is 10.1. The molecular weight excluding hydrogens is 266 g/mol. The van der Waals surface area contributed by atoms with Crippen molar-refractivity contribution in [2.75, 3.05) is 32.9 Å². The van der Waals surface area contributed by atoms with E-state index in [0.29, 0.717) is 38.7 Å². The van der Waals surface area contributed by atoms with Gasteiger partial charge in [-0.1, -0.05) is 18.2 Å². The predicted molar refractivity (Wildman–Crippen MR) is 73.6 cm³/mol. The van der Waals surface area contributed by atoms with Crippen molar-refractivity contribution in [2.45, 2.75) is 12.3 Å². The van der Waals surface area contributed by atoms with E-state index < -0.39 is 5.38 Å². The second-order valence-electron chi connectivity index (χ2n) is 4.27. The minimum absolute atomic E-state index is 0.0860. The number of hydrogen-bond donors (Lipinski definition) is 0. The van der Waals surface area contributed by atoms with E-state index in [0.717, 1.165) is 5.56 Å². The molecule has 1 saturated heterocycles. The summed E-state index contributed by atoms with van der Waals surface area (Å²) in [7, 11) is 0. The van der Waals surface area contributed by atoms with Gasteiger partial charge in [0.05, 0.1) is 19.8 Å². The molecule has 0 aromatic heterocycles. The van der Waals surface area contributed by atoms with Crippen molar-refractivity contribution in [1.29, 1.82) is 0 Å². The molecule has 1 heterocycles. The molecule has 2 rings (SSSR count). The van der Waals surface area contributed by atoms with Crippen LogP contribution >= 0.6 is 11.6 Å². The number of carbonyl (C=O) groups excluding carboxylic acids is 1. The number of morpholine rings is 1. The first-order chi connectivity index (χ1) is 9.24. The van der Waals surface area contributed by atoms with Crippen LogP contribution in [0.4, 0.5) is 0 Å². The number of halogens is 1. The van der Waals surface area contributed by atoms with Gasteiger partial charge >= 0.3 is 0 Å². The molecular formula is C14H18ClNO3. The maximum absolute atomic E-state index is 12.3. The van der Waals surface area contributed by atoms with Gasteiger partial charge in [0.2, 0.25) is 5.91 Å². The van der Waals surface area contributed by atoms with Gasteiger partial charge in [0, 0.05) is 18.7 Å². The fraction of sp³-hybridized carbons (Fsp3) is 0.500. The topological polar surface area (TPSA) is 38.8 Å². The Morgan fingerprint density at radius 3 is 2.79 bits per heavy atom. The molecule has 0 aliphatic carbocycles. The number of rotatable bonds is 4. The van der Waals surface area contributed by atoms with Crippen LogP contribution in [0, 0.1) is 0 Å². The summed E-state index contributed by atoms with van der Waals surface area (Å²) in [6.07, 6.45) is 0. The molecule has 4 nitrogen and oxygen atoms in total. The molecule has 0 saturated carbocycles. The van der Waals surface area contributed by atoms with Crippen molar-refractivity contribution in [2.24, 2.45) is 0 Å². The number of alkyl halides is 1. The summed E-state index contributed by atoms with van der Waals surface area (Å²) in [4.78, 5) is 14.1. The zero-order valence-electron chi connectivity index (χ0n) is 11.0. The van der Waals surface area contributed by atoms with Gasteiger partial charge in [-0.3, -0.25) is 4.79 Å². The lowest BCUT2D eigenvalue weighted by Crippen LogP contribution is -2.42. The number of para-hydroxylation sites is 1. The molecule has 1 aromatic carbocycles. The highest BCUT2D eigenvalue weighted by molar-refractivity contribution is 6.31. The summed E-state index contributed by atoms with van der Waals surface area (Å²) >= 11 is 6.32. The van der Waals surface area contributed by atoms with Crippen molar-refractivity contribution in [3.63, 3.8) is 0 Å². The Labute approximate surface area is 118 Å². The molecule has 0 radical (unpaired) electrons. The van der Waals surface area contributed by atoms with Crippen molar-refractivity contribution in [3.8, 4) is 5.75 Å². The Morgan fingerprint density at radius 2 is 2.11 bits per heavy atom. The summed E-state index contributed by atoms with van der Waals surface area (Å²) in [5.74, 6) is 0.587. The van der Waals surface area contributed by atoms with E-state index in [2.05, 4.69) is 0 Å². The Balaban J connectivity index is 2.13. The number of ether oxygens (including phenoxy) is 2.